The van der Waals surface area contributed by atoms with E-state index >= 15 is 0 Å². The van der Waals surface area contributed by atoms with Crippen LogP contribution in [0, 0.1) is 0 Å². The molecule has 0 atom stereocenters. The Balaban J connectivity index is 1.31. The zero-order valence-electron chi connectivity index (χ0n) is 28.1. The van der Waals surface area contributed by atoms with Crippen molar-refractivity contribution in [3.63, 3.8) is 0 Å². The molecule has 260 valence electrons. The Bertz CT molecular complexity index is 1620. The molecule has 0 aliphatic heterocycles. The highest BCUT2D eigenvalue weighted by Crippen LogP contribution is 2.44. The number of aryl methyl sites for hydroxylation is 2. The summed E-state index contributed by atoms with van der Waals surface area (Å²) in [5.74, 6) is 2.25. The summed E-state index contributed by atoms with van der Waals surface area (Å²) < 4.78 is 55.3. The number of benzene rings is 4. The van der Waals surface area contributed by atoms with Crippen LogP contribution in [0.4, 0.5) is 0 Å². The van der Waals surface area contributed by atoms with Gasteiger partial charge >= 0.3 is 7.82 Å². The maximum absolute atomic E-state index is 13.1. The highest BCUT2D eigenvalue weighted by molar-refractivity contribution is 7.48. The first-order valence-corrected chi connectivity index (χ1v) is 16.6. The Morgan fingerprint density at radius 1 is 0.510 bits per heavy atom. The minimum Gasteiger partial charge on any atom is -0.496 e. The highest BCUT2D eigenvalue weighted by atomic mass is 31.2. The second-order valence-corrected chi connectivity index (χ2v) is 11.9. The van der Waals surface area contributed by atoms with E-state index < -0.39 is 7.82 Å². The first-order chi connectivity index (χ1) is 23.5. The van der Waals surface area contributed by atoms with Crippen molar-refractivity contribution in [3.05, 3.63) is 95.1 Å². The molecule has 0 aromatic heterocycles. The van der Waals surface area contributed by atoms with Crippen LogP contribution >= 0.6 is 7.82 Å². The number of hydrogen-bond acceptors (Lipinski definition) is 11. The normalized spacial score (nSPS) is 10.9. The molecule has 1 N–H and O–H groups in total. The topological polar surface area (TPSA) is 145 Å². The molecule has 0 amide bonds. The van der Waals surface area contributed by atoms with Crippen molar-refractivity contribution in [2.24, 2.45) is 0 Å². The van der Waals surface area contributed by atoms with Gasteiger partial charge in [-0.05, 0) is 48.2 Å². The number of Topliss-reactive ketones (excluding diaryl/α,β-unsaturated/α-hetero) is 2. The average molecular weight is 695 g/mol. The van der Waals surface area contributed by atoms with Crippen LogP contribution < -0.4 is 37.5 Å². The fraction of sp³-hybridized carbons (Fsp3) is 0.278. The fourth-order valence-electron chi connectivity index (χ4n) is 5.05. The van der Waals surface area contributed by atoms with Crippen LogP contribution in [-0.2, 0) is 17.4 Å². The molecule has 13 heteroatoms. The van der Waals surface area contributed by atoms with Gasteiger partial charge in [0, 0.05) is 37.1 Å². The molecular weight excluding hydrogens is 655 g/mol. The summed E-state index contributed by atoms with van der Waals surface area (Å²) in [6.07, 6.45) is 1.11. The lowest BCUT2D eigenvalue weighted by Gasteiger charge is -2.15. The molecule has 0 fully saturated rings. The van der Waals surface area contributed by atoms with Gasteiger partial charge in [0.15, 0.2) is 11.6 Å². The van der Waals surface area contributed by atoms with Crippen molar-refractivity contribution in [1.29, 1.82) is 0 Å². The molecule has 0 radical (unpaired) electrons. The molecule has 4 aromatic rings. The Morgan fingerprint density at radius 2 is 0.816 bits per heavy atom. The summed E-state index contributed by atoms with van der Waals surface area (Å²) in [6.45, 7) is 0. The molecule has 0 saturated carbocycles. The number of rotatable bonds is 18. The van der Waals surface area contributed by atoms with Crippen LogP contribution in [-0.4, -0.2) is 59.1 Å². The molecular formula is C36H39O12P. The van der Waals surface area contributed by atoms with E-state index in [9.17, 15) is 19.0 Å². The molecule has 4 aromatic carbocycles. The highest BCUT2D eigenvalue weighted by Gasteiger charge is 2.26. The summed E-state index contributed by atoms with van der Waals surface area (Å²) in [4.78, 5) is 36.6. The van der Waals surface area contributed by atoms with Gasteiger partial charge in [-0.3, -0.25) is 14.5 Å². The number of ether oxygens (including phenoxy) is 6. The number of phosphoric ester groups is 1. The van der Waals surface area contributed by atoms with E-state index in [1.165, 1.54) is 66.9 Å². The first-order valence-electron chi connectivity index (χ1n) is 15.1. The van der Waals surface area contributed by atoms with Gasteiger partial charge in [-0.1, -0.05) is 24.3 Å². The lowest BCUT2D eigenvalue weighted by molar-refractivity contribution is 0.0968. The van der Waals surface area contributed by atoms with Gasteiger partial charge in [-0.2, -0.15) is 0 Å². The van der Waals surface area contributed by atoms with Gasteiger partial charge in [-0.25, -0.2) is 4.57 Å². The van der Waals surface area contributed by atoms with Crippen molar-refractivity contribution in [2.75, 3.05) is 42.7 Å². The van der Waals surface area contributed by atoms with Crippen LogP contribution in [0.2, 0.25) is 0 Å². The van der Waals surface area contributed by atoms with E-state index in [0.29, 0.717) is 58.5 Å². The van der Waals surface area contributed by atoms with E-state index in [0.717, 1.165) is 11.1 Å². The molecule has 0 aliphatic rings. The molecule has 0 aliphatic carbocycles. The summed E-state index contributed by atoms with van der Waals surface area (Å²) in [6, 6.07) is 19.3. The minimum absolute atomic E-state index is 0.110. The summed E-state index contributed by atoms with van der Waals surface area (Å²) >= 11 is 0. The first kappa shape index (κ1) is 36.6. The largest absolute Gasteiger partial charge is 0.584 e. The smallest absolute Gasteiger partial charge is 0.496 e. The third-order valence-corrected chi connectivity index (χ3v) is 8.44. The van der Waals surface area contributed by atoms with Crippen LogP contribution in [0.15, 0.2) is 72.8 Å². The standard InChI is InChI=1S/C36H39O12P/c1-41-27-19-31(43-3)35(32(20-27)44-4)29(37)17-11-23-7-13-25(14-8-23)47-49(39,40)48-26-15-9-24(10-16-26)12-18-30(38)36-33(45-5)21-28(42-2)22-34(36)46-6/h7-10,13-16,19-22H,11-12,17-18H2,1-6H3,(H,39,40). The minimum atomic E-state index is -4.54. The fourth-order valence-corrected chi connectivity index (χ4v) is 5.86. The monoisotopic (exact) mass is 694 g/mol. The maximum Gasteiger partial charge on any atom is 0.584 e. The zero-order chi connectivity index (χ0) is 35.6. The molecule has 4 rings (SSSR count). The Hall–Kier alpha value is -5.19. The second kappa shape index (κ2) is 16.8. The van der Waals surface area contributed by atoms with E-state index in [2.05, 4.69) is 0 Å². The van der Waals surface area contributed by atoms with Gasteiger partial charge in [0.25, 0.3) is 0 Å². The Labute approximate surface area is 285 Å². The second-order valence-electron chi connectivity index (χ2n) is 10.6. The molecule has 0 spiro atoms. The molecule has 0 heterocycles. The predicted molar refractivity (Wildman–Crippen MR) is 181 cm³/mol. The van der Waals surface area contributed by atoms with Crippen molar-refractivity contribution in [3.8, 4) is 46.0 Å². The molecule has 0 bridgehead atoms. The van der Waals surface area contributed by atoms with E-state index in [1.807, 2.05) is 0 Å². The molecule has 0 unspecified atom stereocenters. The average Bonchev–Trinajstić information content (AvgIpc) is 3.12. The van der Waals surface area contributed by atoms with Gasteiger partial charge in [0.05, 0.1) is 42.7 Å². The number of carbonyl (C=O) groups is 2. The maximum atomic E-state index is 13.1. The number of hydrogen-bond donors (Lipinski definition) is 1. The quantitative estimate of drug-likeness (QED) is 0.0852. The number of ketones is 2. The third kappa shape index (κ3) is 9.46. The zero-order valence-corrected chi connectivity index (χ0v) is 29.0. The van der Waals surface area contributed by atoms with Crippen molar-refractivity contribution < 1.29 is 56.5 Å². The van der Waals surface area contributed by atoms with E-state index in [4.69, 9.17) is 37.5 Å². The summed E-state index contributed by atoms with van der Waals surface area (Å²) in [5, 5.41) is 0. The third-order valence-electron chi connectivity index (χ3n) is 7.56. The van der Waals surface area contributed by atoms with Crippen LogP contribution in [0.1, 0.15) is 44.7 Å². The molecule has 49 heavy (non-hydrogen) atoms. The van der Waals surface area contributed by atoms with E-state index in [-0.39, 0.29) is 35.9 Å². The van der Waals surface area contributed by atoms with Crippen LogP contribution in [0.25, 0.3) is 0 Å². The summed E-state index contributed by atoms with van der Waals surface area (Å²) in [7, 11) is 4.34. The van der Waals surface area contributed by atoms with Gasteiger partial charge in [0.2, 0.25) is 0 Å². The number of methoxy groups -OCH3 is 6. The van der Waals surface area contributed by atoms with Gasteiger partial charge in [0.1, 0.15) is 57.1 Å². The van der Waals surface area contributed by atoms with E-state index in [1.54, 1.807) is 48.5 Å². The van der Waals surface area contributed by atoms with Gasteiger partial charge < -0.3 is 37.5 Å². The van der Waals surface area contributed by atoms with Gasteiger partial charge in [-0.15, -0.1) is 0 Å². The predicted octanol–water partition coefficient (Wildman–Crippen LogP) is 6.93. The number of carbonyl (C=O) groups excluding carboxylic acids is 2. The number of phosphoric acid groups is 1. The molecule has 12 nitrogen and oxygen atoms in total. The lowest BCUT2D eigenvalue weighted by Crippen LogP contribution is -2.07. The Morgan fingerprint density at radius 3 is 1.08 bits per heavy atom. The Kier molecular flexibility index (Phi) is 12.5. The lowest BCUT2D eigenvalue weighted by atomic mass is 10.0. The summed E-state index contributed by atoms with van der Waals surface area (Å²) in [5.41, 5.74) is 2.25. The van der Waals surface area contributed by atoms with Crippen molar-refractivity contribution >= 4 is 19.4 Å². The SMILES string of the molecule is COc1cc(OC)c(C(=O)CCc2ccc(OP(=O)(O)Oc3ccc(CCC(=O)c4c(OC)cc(OC)cc4OC)cc3)cc2)c(OC)c1. The van der Waals surface area contributed by atoms with Crippen molar-refractivity contribution in [1.82, 2.24) is 0 Å². The van der Waals surface area contributed by atoms with Crippen LogP contribution in [0.3, 0.4) is 0 Å². The molecule has 0 saturated heterocycles. The van der Waals surface area contributed by atoms with Crippen molar-refractivity contribution in [2.45, 2.75) is 25.7 Å². The van der Waals surface area contributed by atoms with Crippen LogP contribution in [0.5, 0.6) is 46.0 Å².